The highest BCUT2D eigenvalue weighted by Crippen LogP contribution is 2.29. The van der Waals surface area contributed by atoms with E-state index in [4.69, 9.17) is 14.2 Å². The standard InChI is InChI=1S/C17H20N2O5/c1-4-24-16(21)13-7-8-14(12-6-5-9-18-10-12)19-15(13)17(11-20,22-2)23-3/h5-7,9-11,15H,4,8H2,1-3H3. The molecule has 0 amide bonds. The Morgan fingerprint density at radius 1 is 1.42 bits per heavy atom. The molecule has 0 radical (unpaired) electrons. The number of carbonyl (C=O) groups is 2. The highest BCUT2D eigenvalue weighted by Gasteiger charge is 2.45. The van der Waals surface area contributed by atoms with Crippen LogP contribution in [0.25, 0.3) is 0 Å². The molecule has 1 unspecified atom stereocenters. The molecule has 1 aliphatic rings. The van der Waals surface area contributed by atoms with Gasteiger partial charge in [0.25, 0.3) is 5.79 Å². The second kappa shape index (κ2) is 7.94. The summed E-state index contributed by atoms with van der Waals surface area (Å²) in [4.78, 5) is 32.5. The fourth-order valence-corrected chi connectivity index (χ4v) is 2.51. The van der Waals surface area contributed by atoms with Gasteiger partial charge in [0.1, 0.15) is 6.04 Å². The van der Waals surface area contributed by atoms with Gasteiger partial charge < -0.3 is 14.2 Å². The molecule has 2 heterocycles. The van der Waals surface area contributed by atoms with Crippen LogP contribution in [-0.4, -0.2) is 55.6 Å². The zero-order valence-corrected chi connectivity index (χ0v) is 13.9. The number of hydrogen-bond acceptors (Lipinski definition) is 7. The number of aromatic nitrogens is 1. The quantitative estimate of drug-likeness (QED) is 0.425. The van der Waals surface area contributed by atoms with E-state index in [9.17, 15) is 9.59 Å². The normalized spacial score (nSPS) is 17.7. The maximum atomic E-state index is 12.2. The van der Waals surface area contributed by atoms with Crippen molar-refractivity contribution >= 4 is 18.0 Å². The van der Waals surface area contributed by atoms with Gasteiger partial charge in [0.15, 0.2) is 6.29 Å². The Morgan fingerprint density at radius 3 is 2.71 bits per heavy atom. The number of aldehydes is 1. The van der Waals surface area contributed by atoms with E-state index in [1.807, 2.05) is 6.07 Å². The molecule has 2 rings (SSSR count). The third-order valence-corrected chi connectivity index (χ3v) is 3.78. The first-order valence-electron chi connectivity index (χ1n) is 7.52. The molecule has 0 N–H and O–H groups in total. The fraction of sp³-hybridized carbons (Fsp3) is 0.412. The maximum absolute atomic E-state index is 12.2. The molecular weight excluding hydrogens is 312 g/mol. The van der Waals surface area contributed by atoms with Crippen LogP contribution in [0.4, 0.5) is 0 Å². The number of ether oxygens (including phenoxy) is 3. The predicted octanol–water partition coefficient (Wildman–Crippen LogP) is 1.32. The minimum absolute atomic E-state index is 0.218. The van der Waals surface area contributed by atoms with E-state index in [1.54, 1.807) is 31.5 Å². The number of aliphatic imine (C=N–C) groups is 1. The van der Waals surface area contributed by atoms with E-state index >= 15 is 0 Å². The van der Waals surface area contributed by atoms with Gasteiger partial charge in [-0.25, -0.2) is 4.79 Å². The number of nitrogens with zero attached hydrogens (tertiary/aromatic N) is 2. The second-order valence-corrected chi connectivity index (χ2v) is 5.05. The van der Waals surface area contributed by atoms with Crippen molar-refractivity contribution in [3.8, 4) is 0 Å². The fourth-order valence-electron chi connectivity index (χ4n) is 2.51. The molecule has 1 atom stereocenters. The first-order valence-corrected chi connectivity index (χ1v) is 7.52. The van der Waals surface area contributed by atoms with Gasteiger partial charge in [0, 0.05) is 44.3 Å². The van der Waals surface area contributed by atoms with Crippen LogP contribution in [0.3, 0.4) is 0 Å². The van der Waals surface area contributed by atoms with E-state index in [0.717, 1.165) is 5.56 Å². The summed E-state index contributed by atoms with van der Waals surface area (Å²) in [6.07, 6.45) is 5.93. The number of hydrogen-bond donors (Lipinski definition) is 0. The summed E-state index contributed by atoms with van der Waals surface area (Å²) in [5.41, 5.74) is 1.72. The Hall–Kier alpha value is -2.38. The Morgan fingerprint density at radius 2 is 2.17 bits per heavy atom. The summed E-state index contributed by atoms with van der Waals surface area (Å²) in [6, 6.07) is 2.68. The van der Waals surface area contributed by atoms with Crippen LogP contribution in [-0.2, 0) is 23.8 Å². The third kappa shape index (κ3) is 3.42. The number of esters is 1. The van der Waals surface area contributed by atoms with Crippen LogP contribution in [0.5, 0.6) is 0 Å². The lowest BCUT2D eigenvalue weighted by Gasteiger charge is -2.33. The summed E-state index contributed by atoms with van der Waals surface area (Å²) in [5, 5.41) is 0. The van der Waals surface area contributed by atoms with Crippen LogP contribution >= 0.6 is 0 Å². The monoisotopic (exact) mass is 332 g/mol. The molecule has 24 heavy (non-hydrogen) atoms. The molecular formula is C17H20N2O5. The van der Waals surface area contributed by atoms with Gasteiger partial charge in [0.2, 0.25) is 0 Å². The van der Waals surface area contributed by atoms with Gasteiger partial charge in [0.05, 0.1) is 12.2 Å². The Bertz CT molecular complexity index is 650. The van der Waals surface area contributed by atoms with Crippen LogP contribution in [0.2, 0.25) is 0 Å². The van der Waals surface area contributed by atoms with Gasteiger partial charge in [-0.3, -0.25) is 14.8 Å². The van der Waals surface area contributed by atoms with Crippen molar-refractivity contribution in [3.05, 3.63) is 41.7 Å². The molecule has 0 saturated heterocycles. The van der Waals surface area contributed by atoms with E-state index in [1.165, 1.54) is 14.2 Å². The van der Waals surface area contributed by atoms with Crippen molar-refractivity contribution in [2.24, 2.45) is 4.99 Å². The van der Waals surface area contributed by atoms with Gasteiger partial charge >= 0.3 is 5.97 Å². The zero-order chi connectivity index (χ0) is 17.6. The lowest BCUT2D eigenvalue weighted by atomic mass is 9.93. The average Bonchev–Trinajstić information content (AvgIpc) is 2.64. The summed E-state index contributed by atoms with van der Waals surface area (Å²) >= 11 is 0. The number of methoxy groups -OCH3 is 2. The highest BCUT2D eigenvalue weighted by atomic mass is 16.7. The van der Waals surface area contributed by atoms with Crippen LogP contribution in [0.1, 0.15) is 18.9 Å². The summed E-state index contributed by atoms with van der Waals surface area (Å²) in [5.74, 6) is -2.25. The van der Waals surface area contributed by atoms with Gasteiger partial charge in [-0.1, -0.05) is 12.1 Å². The summed E-state index contributed by atoms with van der Waals surface area (Å²) in [7, 11) is 2.66. The molecule has 7 nitrogen and oxygen atoms in total. The topological polar surface area (TPSA) is 87.1 Å². The van der Waals surface area contributed by atoms with E-state index < -0.39 is 17.8 Å². The Kier molecular flexibility index (Phi) is 5.94. The van der Waals surface area contributed by atoms with Gasteiger partial charge in [-0.05, 0) is 13.0 Å². The number of allylic oxidation sites excluding steroid dienone is 1. The Balaban J connectivity index is 2.48. The summed E-state index contributed by atoms with van der Waals surface area (Å²) in [6.45, 7) is 1.93. The first kappa shape index (κ1) is 18.0. The van der Waals surface area contributed by atoms with Crippen LogP contribution < -0.4 is 0 Å². The number of dihydropyridines is 1. The second-order valence-electron chi connectivity index (χ2n) is 5.05. The largest absolute Gasteiger partial charge is 0.463 e. The van der Waals surface area contributed by atoms with Crippen molar-refractivity contribution in [2.75, 3.05) is 20.8 Å². The molecule has 0 fully saturated rings. The van der Waals surface area contributed by atoms with Crippen molar-refractivity contribution in [2.45, 2.75) is 25.2 Å². The molecule has 0 aliphatic carbocycles. The maximum Gasteiger partial charge on any atom is 0.336 e. The van der Waals surface area contributed by atoms with E-state index in [2.05, 4.69) is 9.98 Å². The van der Waals surface area contributed by atoms with Crippen LogP contribution in [0.15, 0.2) is 41.2 Å². The van der Waals surface area contributed by atoms with Crippen molar-refractivity contribution in [1.29, 1.82) is 0 Å². The average molecular weight is 332 g/mol. The van der Waals surface area contributed by atoms with Crippen molar-refractivity contribution < 1.29 is 23.8 Å². The molecule has 1 aliphatic heterocycles. The lowest BCUT2D eigenvalue weighted by molar-refractivity contribution is -0.201. The minimum atomic E-state index is -1.70. The zero-order valence-electron chi connectivity index (χ0n) is 13.9. The van der Waals surface area contributed by atoms with Crippen LogP contribution in [0, 0.1) is 0 Å². The SMILES string of the molecule is CCOC(=O)C1=CCC(c2cccnc2)=NC1C(C=O)(OC)OC. The van der Waals surface area contributed by atoms with Crippen molar-refractivity contribution in [1.82, 2.24) is 4.98 Å². The Labute approximate surface area is 140 Å². The third-order valence-electron chi connectivity index (χ3n) is 3.78. The smallest absolute Gasteiger partial charge is 0.336 e. The molecule has 1 aromatic heterocycles. The molecule has 0 saturated carbocycles. The van der Waals surface area contributed by atoms with E-state index in [-0.39, 0.29) is 12.2 Å². The predicted molar refractivity (Wildman–Crippen MR) is 86.7 cm³/mol. The molecule has 0 aromatic carbocycles. The highest BCUT2D eigenvalue weighted by molar-refractivity contribution is 6.04. The molecule has 1 aromatic rings. The van der Waals surface area contributed by atoms with Gasteiger partial charge in [-0.2, -0.15) is 0 Å². The molecule has 128 valence electrons. The molecule has 7 heteroatoms. The number of pyridine rings is 1. The molecule has 0 bridgehead atoms. The summed E-state index contributed by atoms with van der Waals surface area (Å²) < 4.78 is 15.6. The van der Waals surface area contributed by atoms with Crippen molar-refractivity contribution in [3.63, 3.8) is 0 Å². The molecule has 0 spiro atoms. The van der Waals surface area contributed by atoms with Gasteiger partial charge in [-0.15, -0.1) is 0 Å². The lowest BCUT2D eigenvalue weighted by Crippen LogP contribution is -2.50. The van der Waals surface area contributed by atoms with E-state index in [0.29, 0.717) is 18.4 Å². The number of rotatable bonds is 7. The minimum Gasteiger partial charge on any atom is -0.463 e. The number of carbonyl (C=O) groups excluding carboxylic acids is 2. The first-order chi connectivity index (χ1) is 11.6.